The van der Waals surface area contributed by atoms with Gasteiger partial charge in [-0.1, -0.05) is 36.0 Å². The van der Waals surface area contributed by atoms with Crippen molar-refractivity contribution in [1.82, 2.24) is 10.4 Å². The van der Waals surface area contributed by atoms with Crippen molar-refractivity contribution in [2.75, 3.05) is 12.9 Å². The average molecular weight is 560 g/mol. The summed E-state index contributed by atoms with van der Waals surface area (Å²) in [5, 5.41) is 4.04. The van der Waals surface area contributed by atoms with Crippen LogP contribution in [0, 0.1) is 5.82 Å². The highest BCUT2D eigenvalue weighted by atomic mass is 79.9. The number of aromatic nitrogens is 1. The number of hydrogen-bond acceptors (Lipinski definition) is 7. The first-order chi connectivity index (χ1) is 16.5. The predicted molar refractivity (Wildman–Crippen MR) is 138 cm³/mol. The average Bonchev–Trinajstić information content (AvgIpc) is 3.26. The van der Waals surface area contributed by atoms with Gasteiger partial charge in [0.2, 0.25) is 0 Å². The molecule has 1 N–H and O–H groups in total. The minimum Gasteiger partial charge on any atom is -0.493 e. The topological polar surface area (TPSA) is 72.8 Å². The van der Waals surface area contributed by atoms with E-state index in [2.05, 4.69) is 31.4 Å². The number of hydrogen-bond donors (Lipinski definition) is 1. The number of thioether (sulfide) groups is 1. The first-order valence-electron chi connectivity index (χ1n) is 10.1. The second-order valence-corrected chi connectivity index (χ2v) is 10.1. The van der Waals surface area contributed by atoms with Crippen LogP contribution in [0.1, 0.15) is 11.1 Å². The van der Waals surface area contributed by atoms with Crippen molar-refractivity contribution < 1.29 is 18.7 Å². The molecule has 4 aromatic rings. The standard InChI is InChI=1S/C24H19BrFN3O3S2/c1-31-20-11-16(10-18(25)23(20)32-13-15-6-8-17(26)9-7-15)12-27-29-22(30)14-33-24-28-19-4-2-3-5-21(19)34-24/h2-12H,13-14H2,1H3,(H,29,30)/b27-12-. The van der Waals surface area contributed by atoms with Crippen molar-refractivity contribution in [3.8, 4) is 11.5 Å². The van der Waals surface area contributed by atoms with Crippen molar-refractivity contribution in [2.24, 2.45) is 5.10 Å². The van der Waals surface area contributed by atoms with Crippen LogP contribution in [0.4, 0.5) is 4.39 Å². The van der Waals surface area contributed by atoms with E-state index < -0.39 is 0 Å². The molecule has 0 saturated carbocycles. The second kappa shape index (κ2) is 11.5. The molecule has 1 amide bonds. The molecule has 1 heterocycles. The molecule has 4 rings (SSSR count). The Labute approximate surface area is 212 Å². The Hall–Kier alpha value is -2.95. The molecule has 0 fully saturated rings. The Morgan fingerprint density at radius 1 is 1.24 bits per heavy atom. The number of thiazole rings is 1. The Kier molecular flexibility index (Phi) is 8.15. The van der Waals surface area contributed by atoms with Crippen LogP contribution in [0.25, 0.3) is 10.2 Å². The molecule has 0 spiro atoms. The van der Waals surface area contributed by atoms with E-state index in [-0.39, 0.29) is 24.1 Å². The number of para-hydroxylation sites is 1. The number of rotatable bonds is 9. The normalized spacial score (nSPS) is 11.1. The fourth-order valence-corrected chi connectivity index (χ4v) is 5.38. The van der Waals surface area contributed by atoms with E-state index >= 15 is 0 Å². The van der Waals surface area contributed by atoms with Crippen molar-refractivity contribution in [3.05, 3.63) is 82.1 Å². The molecule has 0 saturated heterocycles. The fraction of sp³-hybridized carbons (Fsp3) is 0.125. The van der Waals surface area contributed by atoms with E-state index in [1.165, 1.54) is 37.2 Å². The van der Waals surface area contributed by atoms with Gasteiger partial charge in [-0.15, -0.1) is 11.3 Å². The van der Waals surface area contributed by atoms with E-state index in [9.17, 15) is 9.18 Å². The number of halogens is 2. The van der Waals surface area contributed by atoms with Crippen LogP contribution in [-0.2, 0) is 11.4 Å². The smallest absolute Gasteiger partial charge is 0.250 e. The van der Waals surface area contributed by atoms with Crippen LogP contribution >= 0.6 is 39.0 Å². The van der Waals surface area contributed by atoms with Crippen molar-refractivity contribution in [1.29, 1.82) is 0 Å². The predicted octanol–water partition coefficient (Wildman–Crippen LogP) is 6.03. The van der Waals surface area contributed by atoms with Gasteiger partial charge < -0.3 is 9.47 Å². The summed E-state index contributed by atoms with van der Waals surface area (Å²) in [5.74, 6) is 0.690. The first kappa shape index (κ1) is 24.2. The third-order valence-corrected chi connectivity index (χ3v) is 7.32. The number of hydrazone groups is 1. The van der Waals surface area contributed by atoms with Gasteiger partial charge in [0.15, 0.2) is 15.8 Å². The zero-order valence-corrected chi connectivity index (χ0v) is 21.2. The van der Waals surface area contributed by atoms with E-state index in [0.717, 1.165) is 20.1 Å². The summed E-state index contributed by atoms with van der Waals surface area (Å²) in [7, 11) is 1.54. The van der Waals surface area contributed by atoms with Gasteiger partial charge >= 0.3 is 0 Å². The summed E-state index contributed by atoms with van der Waals surface area (Å²) in [6.07, 6.45) is 1.53. The molecule has 1 aromatic heterocycles. The van der Waals surface area contributed by atoms with Gasteiger partial charge in [0.1, 0.15) is 12.4 Å². The molecule has 0 aliphatic rings. The number of fused-ring (bicyclic) bond motifs is 1. The van der Waals surface area contributed by atoms with Crippen molar-refractivity contribution in [3.63, 3.8) is 0 Å². The summed E-state index contributed by atoms with van der Waals surface area (Å²) in [5.41, 5.74) is 4.99. The molecule has 3 aromatic carbocycles. The van der Waals surface area contributed by atoms with Gasteiger partial charge in [-0.2, -0.15) is 5.10 Å². The maximum Gasteiger partial charge on any atom is 0.250 e. The summed E-state index contributed by atoms with van der Waals surface area (Å²) in [4.78, 5) is 16.7. The number of nitrogens with zero attached hydrogens (tertiary/aromatic N) is 2. The Bertz CT molecular complexity index is 1300. The highest BCUT2D eigenvalue weighted by Gasteiger charge is 2.12. The maximum atomic E-state index is 13.1. The Morgan fingerprint density at radius 2 is 2.03 bits per heavy atom. The molecule has 0 bridgehead atoms. The number of ether oxygens (including phenoxy) is 2. The van der Waals surface area contributed by atoms with Gasteiger partial charge in [0, 0.05) is 0 Å². The van der Waals surface area contributed by atoms with E-state index in [1.54, 1.807) is 35.6 Å². The molecule has 174 valence electrons. The molecule has 34 heavy (non-hydrogen) atoms. The lowest BCUT2D eigenvalue weighted by molar-refractivity contribution is -0.118. The number of carbonyl (C=O) groups is 1. The summed E-state index contributed by atoms with van der Waals surface area (Å²) < 4.78 is 27.0. The maximum absolute atomic E-state index is 13.1. The van der Waals surface area contributed by atoms with Crippen LogP contribution in [0.2, 0.25) is 0 Å². The first-order valence-corrected chi connectivity index (χ1v) is 12.7. The largest absolute Gasteiger partial charge is 0.493 e. The molecule has 0 atom stereocenters. The molecular weight excluding hydrogens is 541 g/mol. The number of carbonyl (C=O) groups excluding carboxylic acids is 1. The minimum atomic E-state index is -0.298. The van der Waals surface area contributed by atoms with E-state index in [4.69, 9.17) is 9.47 Å². The molecule has 0 radical (unpaired) electrons. The third kappa shape index (κ3) is 6.34. The number of nitrogens with one attached hydrogen (secondary N) is 1. The van der Waals surface area contributed by atoms with Gasteiger partial charge in [-0.3, -0.25) is 4.79 Å². The SMILES string of the molecule is COc1cc(/C=N\NC(=O)CSc2nc3ccccc3s2)cc(Br)c1OCc1ccc(F)cc1. The summed E-state index contributed by atoms with van der Waals surface area (Å²) in [6, 6.07) is 17.5. The molecule has 0 unspecified atom stereocenters. The van der Waals surface area contributed by atoms with Crippen LogP contribution < -0.4 is 14.9 Å². The Balaban J connectivity index is 1.33. The molecule has 0 aliphatic carbocycles. The van der Waals surface area contributed by atoms with Crippen LogP contribution in [-0.4, -0.2) is 30.0 Å². The van der Waals surface area contributed by atoms with Crippen LogP contribution in [0.3, 0.4) is 0 Å². The number of methoxy groups -OCH3 is 1. The minimum absolute atomic E-state index is 0.209. The molecule has 0 aliphatic heterocycles. The van der Waals surface area contributed by atoms with Crippen LogP contribution in [0.5, 0.6) is 11.5 Å². The van der Waals surface area contributed by atoms with Crippen molar-refractivity contribution in [2.45, 2.75) is 10.9 Å². The third-order valence-electron chi connectivity index (χ3n) is 4.55. The van der Waals surface area contributed by atoms with Gasteiger partial charge in [-0.05, 0) is 63.5 Å². The molecular formula is C24H19BrFN3O3S2. The lowest BCUT2D eigenvalue weighted by Gasteiger charge is -2.13. The quantitative estimate of drug-likeness (QED) is 0.154. The molecule has 10 heteroatoms. The second-order valence-electron chi connectivity index (χ2n) is 6.98. The monoisotopic (exact) mass is 559 g/mol. The van der Waals surface area contributed by atoms with Crippen LogP contribution in [0.15, 0.2) is 74.6 Å². The lowest BCUT2D eigenvalue weighted by atomic mass is 10.2. The number of benzene rings is 3. The highest BCUT2D eigenvalue weighted by Crippen LogP contribution is 2.37. The fourth-order valence-electron chi connectivity index (χ4n) is 2.94. The Morgan fingerprint density at radius 3 is 2.79 bits per heavy atom. The highest BCUT2D eigenvalue weighted by molar-refractivity contribution is 9.10. The summed E-state index contributed by atoms with van der Waals surface area (Å²) in [6.45, 7) is 0.255. The van der Waals surface area contributed by atoms with E-state index in [1.807, 2.05) is 24.3 Å². The number of amides is 1. The van der Waals surface area contributed by atoms with Gasteiger partial charge in [0.05, 0.1) is 33.8 Å². The zero-order valence-electron chi connectivity index (χ0n) is 18.0. The van der Waals surface area contributed by atoms with Gasteiger partial charge in [0.25, 0.3) is 5.91 Å². The molecule has 6 nitrogen and oxygen atoms in total. The van der Waals surface area contributed by atoms with E-state index in [0.29, 0.717) is 21.5 Å². The van der Waals surface area contributed by atoms with Crippen molar-refractivity contribution >= 4 is 61.4 Å². The lowest BCUT2D eigenvalue weighted by Crippen LogP contribution is -2.19. The summed E-state index contributed by atoms with van der Waals surface area (Å²) >= 11 is 6.41. The van der Waals surface area contributed by atoms with Gasteiger partial charge in [-0.25, -0.2) is 14.8 Å². The zero-order chi connectivity index (χ0) is 23.9.